The molecule has 452 valence electrons. The van der Waals surface area contributed by atoms with Crippen molar-refractivity contribution in [3.63, 3.8) is 0 Å². The third-order valence-corrected chi connectivity index (χ3v) is 12.8. The lowest BCUT2D eigenvalue weighted by atomic mass is 9.79. The number of ether oxygens (including phenoxy) is 5. The Morgan fingerprint density at radius 2 is 0.494 bits per heavy atom. The van der Waals surface area contributed by atoms with Crippen LogP contribution in [0.1, 0.15) is 120 Å². The highest BCUT2D eigenvalue weighted by molar-refractivity contribution is 5.93. The molecule has 25 heteroatoms. The molecule has 0 fully saturated rings. The molecule has 0 heterocycles. The molecular weight excluding hydrogens is 1120 g/mol. The minimum atomic E-state index is -1.63. The topological polar surface area (TPSA) is 309 Å². The molecule has 2 atom stereocenters. The number of aryl methyl sites for hydroxylation is 10. The van der Waals surface area contributed by atoms with Gasteiger partial charge in [-0.15, -0.1) is 0 Å². The first kappa shape index (κ1) is 65.6. The largest absolute Gasteiger partial charge is 0.549 e. The van der Waals surface area contributed by atoms with E-state index in [-0.39, 0.29) is 27.8 Å². The molecule has 0 N–H and O–H groups in total. The van der Waals surface area contributed by atoms with Gasteiger partial charge in [0.15, 0.2) is 0 Å². The summed E-state index contributed by atoms with van der Waals surface area (Å²) in [5.74, 6) is -9.34. The van der Waals surface area contributed by atoms with Crippen molar-refractivity contribution in [1.82, 2.24) is 0 Å². The first-order valence-electron chi connectivity index (χ1n) is 26.0. The van der Waals surface area contributed by atoms with Crippen LogP contribution in [0.5, 0.6) is 0 Å². The van der Waals surface area contributed by atoms with Crippen LogP contribution in [-0.2, 0) is 72.6 Å². The molecule has 0 spiro atoms. The van der Waals surface area contributed by atoms with Gasteiger partial charge in [-0.05, 0) is 140 Å². The molecule has 5 aromatic rings. The van der Waals surface area contributed by atoms with E-state index in [2.05, 4.69) is 19.6 Å². The predicted molar refractivity (Wildman–Crippen MR) is 289 cm³/mol. The van der Waals surface area contributed by atoms with Gasteiger partial charge in [0.05, 0.1) is 60.9 Å². The Kier molecular flexibility index (Phi) is 24.6. The van der Waals surface area contributed by atoms with E-state index in [9.17, 15) is 47.9 Å². The van der Waals surface area contributed by atoms with Gasteiger partial charge in [0.2, 0.25) is 0 Å². The summed E-state index contributed by atoms with van der Waals surface area (Å²) in [5.41, 5.74) is 6.09. The minimum absolute atomic E-state index is 0.0374. The summed E-state index contributed by atoms with van der Waals surface area (Å²) in [6.07, 6.45) is -8.80. The van der Waals surface area contributed by atoms with Gasteiger partial charge in [0, 0.05) is 17.8 Å². The fraction of sp³-hybridized carbons (Fsp3) is 0.333. The molecule has 5 rings (SSSR count). The zero-order valence-electron chi connectivity index (χ0n) is 48.0. The van der Waals surface area contributed by atoms with E-state index in [0.29, 0.717) is 55.6 Å². The van der Waals surface area contributed by atoms with Crippen LogP contribution < -0.4 is 0 Å². The van der Waals surface area contributed by atoms with Crippen LogP contribution in [0.3, 0.4) is 0 Å². The third kappa shape index (κ3) is 20.9. The maximum atomic E-state index is 13.3. The monoisotopic (exact) mass is 1180 g/mol. The van der Waals surface area contributed by atoms with E-state index >= 15 is 0 Å². The lowest BCUT2D eigenvalue weighted by Gasteiger charge is -2.32. The van der Waals surface area contributed by atoms with Gasteiger partial charge < -0.3 is 23.7 Å². The second-order valence-electron chi connectivity index (χ2n) is 19.5. The SMILES string of the molecule is Cc1ccc(C)c(C(=O)OOC(=O)OCCC(COC(=O)OOC(=O)c2cc(C)ccc2C)C(COC(=O)OOC(=O)c2cc(C)ccc2C)C(CCOC(=O)OOC(=O)c2cc(C)ccc2C)COC(=O)OOC(=O)c2cc(C)ccc2C)c1. The fourth-order valence-electron chi connectivity index (χ4n) is 8.08. The van der Waals surface area contributed by atoms with Crippen molar-refractivity contribution in [3.8, 4) is 0 Å². The maximum Gasteiger partial charge on any atom is 0.549 e. The molecule has 0 aromatic heterocycles. The van der Waals surface area contributed by atoms with Crippen LogP contribution in [0.25, 0.3) is 0 Å². The average molecular weight is 1180 g/mol. The van der Waals surface area contributed by atoms with E-state index in [1.807, 2.05) is 0 Å². The summed E-state index contributed by atoms with van der Waals surface area (Å²) < 4.78 is 26.6. The van der Waals surface area contributed by atoms with Crippen LogP contribution >= 0.6 is 0 Å². The van der Waals surface area contributed by atoms with Gasteiger partial charge in [-0.3, -0.25) is 0 Å². The van der Waals surface area contributed by atoms with Gasteiger partial charge in [0.25, 0.3) is 0 Å². The molecular formula is C60H62O25. The second-order valence-corrected chi connectivity index (χ2v) is 19.5. The molecule has 0 aliphatic rings. The number of rotatable bonds is 19. The van der Waals surface area contributed by atoms with Crippen molar-refractivity contribution in [2.75, 3.05) is 33.0 Å². The molecule has 5 aromatic carbocycles. The van der Waals surface area contributed by atoms with Gasteiger partial charge in [-0.1, -0.05) is 88.5 Å². The number of benzene rings is 5. The van der Waals surface area contributed by atoms with Gasteiger partial charge in [-0.2, -0.15) is 24.0 Å². The van der Waals surface area contributed by atoms with Crippen molar-refractivity contribution in [3.05, 3.63) is 174 Å². The quantitative estimate of drug-likeness (QED) is 0.0321. The Hall–Kier alpha value is -10.2. The molecule has 0 bridgehead atoms. The molecule has 2 unspecified atom stereocenters. The summed E-state index contributed by atoms with van der Waals surface area (Å²) in [7, 11) is 0. The van der Waals surface area contributed by atoms with Crippen LogP contribution in [0.4, 0.5) is 24.0 Å². The Labute approximate surface area is 487 Å². The van der Waals surface area contributed by atoms with Gasteiger partial charge in [0.1, 0.15) is 0 Å². The van der Waals surface area contributed by atoms with E-state index in [1.54, 1.807) is 130 Å². The molecule has 0 radical (unpaired) electrons. The number of hydrogen-bond donors (Lipinski definition) is 0. The molecule has 0 amide bonds. The molecule has 85 heavy (non-hydrogen) atoms. The molecule has 0 saturated heterocycles. The summed E-state index contributed by atoms with van der Waals surface area (Å²) in [5, 5.41) is 0. The first-order valence-corrected chi connectivity index (χ1v) is 26.0. The van der Waals surface area contributed by atoms with Crippen molar-refractivity contribution in [2.45, 2.75) is 82.1 Å². The molecule has 0 aliphatic heterocycles. The van der Waals surface area contributed by atoms with Crippen molar-refractivity contribution in [1.29, 1.82) is 0 Å². The number of carbonyl (C=O) groups is 10. The smallest absolute Gasteiger partial charge is 0.432 e. The zero-order valence-corrected chi connectivity index (χ0v) is 48.0. The summed E-state index contributed by atoms with van der Waals surface area (Å²) in [4.78, 5) is 177. The average Bonchev–Trinajstić information content (AvgIpc) is 3.69. The summed E-state index contributed by atoms with van der Waals surface area (Å²) in [6, 6.07) is 24.3. The lowest BCUT2D eigenvalue weighted by Crippen LogP contribution is -2.37. The van der Waals surface area contributed by atoms with Crippen molar-refractivity contribution >= 4 is 60.6 Å². The standard InChI is InChI=1S/C60H62O25/c1-33-11-16-38(6)45(25-33)51(61)76-81-56(66)71-23-21-43(30-73-58(68)83-78-53(63)47-27-35(3)13-18-40(47)8)50(32-75-60(70)85-80-55(65)49-29-37(5)15-20-42(49)10)44(31-74-59(69)84-79-54(64)48-28-36(4)14-19-41(48)9)22-24-72-57(67)82-77-52(62)46-26-34(2)12-17-39(46)7/h11-20,25-29,43-44,50H,21-24,30-32H2,1-10H3. The van der Waals surface area contributed by atoms with E-state index in [4.69, 9.17) is 53.0 Å². The van der Waals surface area contributed by atoms with E-state index in [0.717, 1.165) is 0 Å². The van der Waals surface area contributed by atoms with Gasteiger partial charge in [-0.25, -0.2) is 72.8 Å². The number of carbonyl (C=O) groups excluding carboxylic acids is 10. The Morgan fingerprint density at radius 3 is 0.729 bits per heavy atom. The van der Waals surface area contributed by atoms with Crippen molar-refractivity contribution in [2.24, 2.45) is 17.8 Å². The van der Waals surface area contributed by atoms with Crippen LogP contribution in [0, 0.1) is 87.0 Å². The lowest BCUT2D eigenvalue weighted by molar-refractivity contribution is -0.210. The van der Waals surface area contributed by atoms with Crippen LogP contribution in [-0.4, -0.2) is 93.7 Å². The molecule has 0 saturated carbocycles. The predicted octanol–water partition coefficient (Wildman–Crippen LogP) is 11.3. The Balaban J connectivity index is 1.44. The highest BCUT2D eigenvalue weighted by Gasteiger charge is 2.35. The molecule has 0 aliphatic carbocycles. The highest BCUT2D eigenvalue weighted by Crippen LogP contribution is 2.30. The van der Waals surface area contributed by atoms with Crippen LogP contribution in [0.15, 0.2) is 91.0 Å². The summed E-state index contributed by atoms with van der Waals surface area (Å²) >= 11 is 0. The third-order valence-electron chi connectivity index (χ3n) is 12.8. The highest BCUT2D eigenvalue weighted by atomic mass is 17.3. The van der Waals surface area contributed by atoms with Crippen LogP contribution in [0.2, 0.25) is 0 Å². The Bertz CT molecular complexity index is 3100. The number of hydrogen-bond acceptors (Lipinski definition) is 25. The minimum Gasteiger partial charge on any atom is -0.432 e. The van der Waals surface area contributed by atoms with E-state index in [1.165, 1.54) is 30.3 Å². The normalized spacial score (nSPS) is 11.6. The fourth-order valence-corrected chi connectivity index (χ4v) is 8.08. The second kappa shape index (κ2) is 31.9. The van der Waals surface area contributed by atoms with Gasteiger partial charge >= 0.3 is 60.6 Å². The zero-order chi connectivity index (χ0) is 62.3. The molecule has 25 nitrogen and oxygen atoms in total. The van der Waals surface area contributed by atoms with Crippen molar-refractivity contribution < 1.29 is 121 Å². The Morgan fingerprint density at radius 1 is 0.282 bits per heavy atom. The maximum absolute atomic E-state index is 13.3. The van der Waals surface area contributed by atoms with E-state index < -0.39 is 124 Å². The first-order chi connectivity index (χ1) is 40.4. The summed E-state index contributed by atoms with van der Waals surface area (Å²) in [6.45, 7) is 12.7.